The Morgan fingerprint density at radius 1 is 0.793 bits per heavy atom. The minimum atomic E-state index is -2.51. The van der Waals surface area contributed by atoms with Gasteiger partial charge in [0.15, 0.2) is 17.5 Å². The Labute approximate surface area is 475 Å². The second-order valence-corrected chi connectivity index (χ2v) is 22.6. The molecule has 2 bridgehead atoms. The summed E-state index contributed by atoms with van der Waals surface area (Å²) < 4.78 is 42.5. The molecule has 1 saturated heterocycles. The lowest BCUT2D eigenvalue weighted by molar-refractivity contribution is -0.346. The van der Waals surface area contributed by atoms with Crippen LogP contribution in [0.3, 0.4) is 0 Å². The van der Waals surface area contributed by atoms with Gasteiger partial charge in [0.05, 0.1) is 35.6 Å². The van der Waals surface area contributed by atoms with Crippen LogP contribution in [0.2, 0.25) is 0 Å². The van der Waals surface area contributed by atoms with Crippen molar-refractivity contribution < 1.29 is 81.7 Å². The number of anilines is 1. The van der Waals surface area contributed by atoms with Crippen LogP contribution in [0.15, 0.2) is 126 Å². The average Bonchev–Trinajstić information content (AvgIpc) is 1.08. The second-order valence-electron chi connectivity index (χ2n) is 22.6. The number of nitrogens with one attached hydrogen (secondary N) is 3. The number of rotatable bonds is 18. The molecule has 4 aromatic carbocycles. The minimum Gasteiger partial charge on any atom is -0.455 e. The number of amides is 2. The third kappa shape index (κ3) is 11.8. The third-order valence-electron chi connectivity index (χ3n) is 16.6. The summed E-state index contributed by atoms with van der Waals surface area (Å²) in [4.78, 5) is 114. The number of ether oxygens (including phenoxy) is 7. The first-order valence-electron chi connectivity index (χ1n) is 27.3. The molecule has 0 spiro atoms. The summed E-state index contributed by atoms with van der Waals surface area (Å²) >= 11 is 0. The maximum Gasteiger partial charge on any atom is 0.509 e. The summed E-state index contributed by atoms with van der Waals surface area (Å²) in [6, 6.07) is 28.5. The van der Waals surface area contributed by atoms with Crippen molar-refractivity contribution in [1.82, 2.24) is 10.6 Å². The van der Waals surface area contributed by atoms with Crippen LogP contribution < -0.4 is 16.0 Å². The van der Waals surface area contributed by atoms with E-state index < -0.39 is 125 Å². The highest BCUT2D eigenvalue weighted by Gasteiger charge is 2.78. The molecule has 436 valence electrons. The van der Waals surface area contributed by atoms with Crippen LogP contribution in [0.25, 0.3) is 0 Å². The van der Waals surface area contributed by atoms with Crippen LogP contribution in [0, 0.1) is 22.7 Å². The summed E-state index contributed by atoms with van der Waals surface area (Å²) in [5.41, 5.74) is -6.81. The van der Waals surface area contributed by atoms with Gasteiger partial charge in [-0.25, -0.2) is 14.4 Å². The van der Waals surface area contributed by atoms with E-state index in [2.05, 4.69) is 16.0 Å². The van der Waals surface area contributed by atoms with Gasteiger partial charge in [0, 0.05) is 43.4 Å². The Morgan fingerprint density at radius 3 is 1.96 bits per heavy atom. The van der Waals surface area contributed by atoms with Crippen molar-refractivity contribution in [3.05, 3.63) is 149 Å². The molecule has 4 aliphatic rings. The zero-order valence-electron chi connectivity index (χ0n) is 47.3. The van der Waals surface area contributed by atoms with E-state index in [9.17, 15) is 39.0 Å². The molecule has 8 rings (SSSR count). The van der Waals surface area contributed by atoms with Gasteiger partial charge in [0.25, 0.3) is 5.91 Å². The van der Waals surface area contributed by atoms with Gasteiger partial charge in [0.2, 0.25) is 12.0 Å². The number of likely N-dealkylation sites (N-methyl/N-ethyl adjacent to an activating group) is 1. The Bertz CT molecular complexity index is 3080. The van der Waals surface area contributed by atoms with E-state index in [1.54, 1.807) is 98.0 Å². The summed E-state index contributed by atoms with van der Waals surface area (Å²) in [5, 5.41) is 35.1. The highest BCUT2D eigenvalue weighted by Crippen LogP contribution is 2.64. The molecule has 1 heterocycles. The molecule has 3 aliphatic carbocycles. The largest absolute Gasteiger partial charge is 0.509 e. The zero-order chi connectivity index (χ0) is 59.5. The summed E-state index contributed by atoms with van der Waals surface area (Å²) in [5.74, 6) is -7.23. The molecule has 0 aromatic heterocycles. The smallest absolute Gasteiger partial charge is 0.455 e. The van der Waals surface area contributed by atoms with E-state index in [0.717, 1.165) is 13.8 Å². The first-order valence-corrected chi connectivity index (χ1v) is 27.3. The van der Waals surface area contributed by atoms with Crippen LogP contribution in [-0.4, -0.2) is 125 Å². The fourth-order valence-electron chi connectivity index (χ4n) is 12.3. The molecule has 1 aliphatic heterocycles. The van der Waals surface area contributed by atoms with Gasteiger partial charge in [-0.2, -0.15) is 0 Å². The molecule has 20 nitrogen and oxygen atoms in total. The zero-order valence-corrected chi connectivity index (χ0v) is 47.3. The second kappa shape index (κ2) is 24.4. The SMILES string of the molecule is CNC(CC(C)C)C(=O)Nc1ccc(COC(=O)O[C@@H](C(=O)O[C@H]2C[C@@]3(O)[C@@H](OC(=O)c4ccccc4)C4[C@](C)(C(=O)[C@H](OC(C)=O)C(=C2C)C3(C)C)[C@@H](O)C[C@H]2OC[C@@]42OC(C)=O)[C@@H](NC(=O)c2ccccc2)c2ccccc2)cc1. The van der Waals surface area contributed by atoms with E-state index in [1.165, 1.54) is 52.0 Å². The van der Waals surface area contributed by atoms with Crippen molar-refractivity contribution in [3.8, 4) is 0 Å². The van der Waals surface area contributed by atoms with Gasteiger partial charge in [-0.1, -0.05) is 107 Å². The maximum atomic E-state index is 15.8. The number of benzene rings is 4. The number of esters is 4. The standard InChI is InChI=1S/C62H71N3O17/c1-34(2)29-43(63-9)55(71)64-42-27-25-38(26-28-42)32-76-58(74)80-50(48(39-19-13-10-14-20-39)65-54(70)40-21-15-11-16-22-40)57(73)79-44-31-62(75)53(81-56(72)41-23-17-12-18-24-41)51-60(8,45(68)30-46-61(51,33-77-46)82-37(5)67)52(69)49(78-36(4)66)47(35(44)3)59(62,6)7/h10-28,34,43-46,48-51,53,63,68,75H,29-33H2,1-9H3,(H,64,71)(H,65,70)/t43?,44-,45-,46+,48-,49+,50+,51?,53-,60+,61-,62+/m0/s1. The molecule has 3 fully saturated rings. The van der Waals surface area contributed by atoms with E-state index in [4.69, 9.17) is 33.2 Å². The van der Waals surface area contributed by atoms with Gasteiger partial charge >= 0.3 is 30.0 Å². The highest BCUT2D eigenvalue weighted by atomic mass is 16.7. The quantitative estimate of drug-likeness (QED) is 0.0395. The van der Waals surface area contributed by atoms with Gasteiger partial charge in [-0.05, 0) is 91.9 Å². The Hall–Kier alpha value is -7.78. The van der Waals surface area contributed by atoms with Gasteiger partial charge in [-0.15, -0.1) is 0 Å². The number of fused-ring (bicyclic) bond motifs is 5. The van der Waals surface area contributed by atoms with Crippen molar-refractivity contribution in [3.63, 3.8) is 0 Å². The molecule has 2 saturated carbocycles. The maximum absolute atomic E-state index is 15.8. The third-order valence-corrected chi connectivity index (χ3v) is 16.6. The molecule has 5 N–H and O–H groups in total. The number of ketones is 1. The predicted molar refractivity (Wildman–Crippen MR) is 294 cm³/mol. The van der Waals surface area contributed by atoms with Crippen molar-refractivity contribution in [1.29, 1.82) is 0 Å². The van der Waals surface area contributed by atoms with E-state index in [-0.39, 0.29) is 59.3 Å². The Kier molecular flexibility index (Phi) is 17.9. The number of Topliss-reactive ketones (excluding diaryl/α,β-unsaturated/α-hetero) is 1. The highest BCUT2D eigenvalue weighted by molar-refractivity contribution is 5.97. The Balaban J connectivity index is 1.21. The molecule has 20 heteroatoms. The number of carbonyl (C=O) groups is 8. The number of hydrogen-bond donors (Lipinski definition) is 5. The monoisotopic (exact) mass is 1130 g/mol. The molecule has 12 atom stereocenters. The predicted octanol–water partition coefficient (Wildman–Crippen LogP) is 6.67. The first-order chi connectivity index (χ1) is 38.9. The number of aliphatic hydroxyl groups is 2. The molecule has 2 amide bonds. The lowest BCUT2D eigenvalue weighted by atomic mass is 9.44. The topological polar surface area (TPSA) is 278 Å². The van der Waals surface area contributed by atoms with Crippen LogP contribution in [0.1, 0.15) is 113 Å². The lowest BCUT2D eigenvalue weighted by Gasteiger charge is -2.67. The lowest BCUT2D eigenvalue weighted by Crippen LogP contribution is -2.82. The fraction of sp³-hybridized carbons (Fsp3) is 0.452. The molecule has 2 unspecified atom stereocenters. The van der Waals surface area contributed by atoms with Gasteiger partial charge in [-0.3, -0.25) is 24.0 Å². The summed E-state index contributed by atoms with van der Waals surface area (Å²) in [6.07, 6.45) is -11.9. The average molecular weight is 1130 g/mol. The Morgan fingerprint density at radius 2 is 1.40 bits per heavy atom. The molecule has 82 heavy (non-hydrogen) atoms. The van der Waals surface area contributed by atoms with Crippen LogP contribution in [0.5, 0.6) is 0 Å². The number of hydrogen-bond acceptors (Lipinski definition) is 18. The van der Waals surface area contributed by atoms with Crippen molar-refractivity contribution in [2.45, 2.75) is 141 Å². The number of aliphatic hydroxyl groups excluding tert-OH is 1. The van der Waals surface area contributed by atoms with Crippen LogP contribution in [0.4, 0.5) is 10.5 Å². The first kappa shape index (κ1) is 60.3. The van der Waals surface area contributed by atoms with Gasteiger partial charge < -0.3 is 59.3 Å². The van der Waals surface area contributed by atoms with Gasteiger partial charge in [0.1, 0.15) is 36.6 Å². The number of carbonyl (C=O) groups excluding carboxylic acids is 8. The molecular formula is C62H71N3O17. The van der Waals surface area contributed by atoms with Crippen molar-refractivity contribution >= 4 is 53.3 Å². The van der Waals surface area contributed by atoms with E-state index >= 15 is 9.59 Å². The van der Waals surface area contributed by atoms with Crippen LogP contribution in [-0.2, 0) is 63.7 Å². The fourth-order valence-corrected chi connectivity index (χ4v) is 12.3. The van der Waals surface area contributed by atoms with Crippen LogP contribution >= 0.6 is 0 Å². The molecule has 4 aromatic rings. The molecule has 0 radical (unpaired) electrons. The van der Waals surface area contributed by atoms with E-state index in [1.807, 2.05) is 13.8 Å². The normalized spacial score (nSPS) is 27.2. The summed E-state index contributed by atoms with van der Waals surface area (Å²) in [6.45, 7) is 11.4. The molecular weight excluding hydrogens is 1060 g/mol. The minimum absolute atomic E-state index is 0.0269. The van der Waals surface area contributed by atoms with Crippen molar-refractivity contribution in [2.75, 3.05) is 19.0 Å². The van der Waals surface area contributed by atoms with E-state index in [0.29, 0.717) is 17.7 Å². The summed E-state index contributed by atoms with van der Waals surface area (Å²) in [7, 11) is 1.71. The van der Waals surface area contributed by atoms with Crippen molar-refractivity contribution in [2.24, 2.45) is 22.7 Å².